The summed E-state index contributed by atoms with van der Waals surface area (Å²) in [5.41, 5.74) is 0. The molecule has 0 aliphatic carbocycles. The van der Waals surface area contributed by atoms with Crippen molar-refractivity contribution in [2.24, 2.45) is 0 Å². The van der Waals surface area contributed by atoms with E-state index in [1.807, 2.05) is 0 Å². The van der Waals surface area contributed by atoms with Gasteiger partial charge in [-0.3, -0.25) is 14.4 Å². The van der Waals surface area contributed by atoms with Gasteiger partial charge in [0.15, 0.2) is 5.12 Å². The van der Waals surface area contributed by atoms with Crippen LogP contribution in [0.4, 0.5) is 0 Å². The molecule has 0 N–H and O–H groups in total. The van der Waals surface area contributed by atoms with Crippen LogP contribution < -0.4 is 0 Å². The number of ketones is 2. The van der Waals surface area contributed by atoms with Crippen LogP contribution in [0.1, 0.15) is 65.2 Å². The lowest BCUT2D eigenvalue weighted by Crippen LogP contribution is -2.31. The number of hydroxylamine groups is 2. The fourth-order valence-corrected chi connectivity index (χ4v) is 2.22. The molecule has 0 bridgehead atoms. The Labute approximate surface area is 156 Å². The van der Waals surface area contributed by atoms with Crippen molar-refractivity contribution in [2.45, 2.75) is 65.2 Å². The highest BCUT2D eigenvalue weighted by Gasteiger charge is 2.32. The minimum atomic E-state index is -0.662. The second-order valence-corrected chi connectivity index (χ2v) is 6.60. The SMILES string of the molecule is CC(=O)CCCC(=O)ON1C(=O)CCC1=O.CSC(=O)CCCC(C)=O. The van der Waals surface area contributed by atoms with Crippen molar-refractivity contribution >= 4 is 46.2 Å². The minimum absolute atomic E-state index is 0.0128. The maximum Gasteiger partial charge on any atom is 0.333 e. The first-order valence-electron chi connectivity index (χ1n) is 8.29. The molecule has 0 aromatic carbocycles. The van der Waals surface area contributed by atoms with Crippen LogP contribution in [0, 0.1) is 0 Å². The summed E-state index contributed by atoms with van der Waals surface area (Å²) in [5.74, 6) is -1.50. The minimum Gasteiger partial charge on any atom is -0.330 e. The van der Waals surface area contributed by atoms with Gasteiger partial charge in [-0.2, -0.15) is 0 Å². The van der Waals surface area contributed by atoms with E-state index < -0.39 is 17.8 Å². The normalized spacial score (nSPS) is 13.1. The van der Waals surface area contributed by atoms with E-state index >= 15 is 0 Å². The van der Waals surface area contributed by atoms with Crippen LogP contribution in [0.3, 0.4) is 0 Å². The maximum absolute atomic E-state index is 11.2. The molecule has 0 atom stereocenters. The van der Waals surface area contributed by atoms with Gasteiger partial charge in [0.1, 0.15) is 11.6 Å². The average Bonchev–Trinajstić information content (AvgIpc) is 2.86. The molecule has 0 spiro atoms. The molecule has 0 aromatic heterocycles. The summed E-state index contributed by atoms with van der Waals surface area (Å²) in [4.78, 5) is 69.6. The molecular formula is C17H25NO7S. The summed E-state index contributed by atoms with van der Waals surface area (Å²) in [6.07, 6.45) is 4.37. The summed E-state index contributed by atoms with van der Waals surface area (Å²) in [5, 5.41) is 0.678. The third-order valence-corrected chi connectivity index (χ3v) is 3.91. The number of thioether (sulfide) groups is 1. The molecule has 8 nitrogen and oxygen atoms in total. The van der Waals surface area contributed by atoms with Gasteiger partial charge in [-0.15, -0.1) is 5.06 Å². The molecule has 1 aliphatic rings. The third-order valence-electron chi connectivity index (χ3n) is 3.25. The summed E-state index contributed by atoms with van der Waals surface area (Å²) >= 11 is 1.23. The first kappa shape index (κ1) is 24.0. The van der Waals surface area contributed by atoms with Crippen LogP contribution in [0.15, 0.2) is 0 Å². The molecule has 1 saturated heterocycles. The lowest BCUT2D eigenvalue weighted by molar-refractivity contribution is -0.197. The molecule has 26 heavy (non-hydrogen) atoms. The molecule has 1 fully saturated rings. The van der Waals surface area contributed by atoms with Crippen molar-refractivity contribution in [3.63, 3.8) is 0 Å². The van der Waals surface area contributed by atoms with Crippen molar-refractivity contribution in [1.82, 2.24) is 5.06 Å². The topological polar surface area (TPSA) is 115 Å². The number of imide groups is 1. The van der Waals surface area contributed by atoms with Crippen molar-refractivity contribution in [3.8, 4) is 0 Å². The van der Waals surface area contributed by atoms with Crippen molar-refractivity contribution < 1.29 is 33.6 Å². The molecule has 146 valence electrons. The highest BCUT2D eigenvalue weighted by Crippen LogP contribution is 2.13. The zero-order chi connectivity index (χ0) is 20.1. The lowest BCUT2D eigenvalue weighted by Gasteiger charge is -2.12. The fourth-order valence-electron chi connectivity index (χ4n) is 1.87. The Morgan fingerprint density at radius 3 is 1.77 bits per heavy atom. The van der Waals surface area contributed by atoms with E-state index in [4.69, 9.17) is 0 Å². The zero-order valence-electron chi connectivity index (χ0n) is 15.4. The smallest absolute Gasteiger partial charge is 0.330 e. The molecule has 1 aliphatic heterocycles. The van der Waals surface area contributed by atoms with Crippen molar-refractivity contribution in [3.05, 3.63) is 0 Å². The van der Waals surface area contributed by atoms with E-state index in [-0.39, 0.29) is 42.4 Å². The molecule has 1 rings (SSSR count). The third kappa shape index (κ3) is 11.5. The molecule has 0 aromatic rings. The standard InChI is InChI=1S/C10H13NO5.C7H12O2S/c1-7(12)3-2-4-10(15)16-11-8(13)5-6-9(11)14;1-6(8)4-3-5-7(9)10-2/h2-6H2,1H3;3-5H2,1-2H3. The Hall–Kier alpha value is -2.03. The molecule has 2 amide bonds. The van der Waals surface area contributed by atoms with Gasteiger partial charge in [0.05, 0.1) is 0 Å². The Balaban J connectivity index is 0.000000541. The first-order valence-corrected chi connectivity index (χ1v) is 9.52. The van der Waals surface area contributed by atoms with Gasteiger partial charge in [0.2, 0.25) is 0 Å². The van der Waals surface area contributed by atoms with Crippen molar-refractivity contribution in [2.75, 3.05) is 6.26 Å². The van der Waals surface area contributed by atoms with E-state index in [2.05, 4.69) is 4.84 Å². The zero-order valence-corrected chi connectivity index (χ0v) is 16.2. The Kier molecular flexibility index (Phi) is 12.2. The average molecular weight is 387 g/mol. The summed E-state index contributed by atoms with van der Waals surface area (Å²) < 4.78 is 0. The second-order valence-electron chi connectivity index (χ2n) is 5.73. The predicted molar refractivity (Wildman–Crippen MR) is 94.8 cm³/mol. The number of hydrogen-bond donors (Lipinski definition) is 0. The van der Waals surface area contributed by atoms with Gasteiger partial charge < -0.3 is 14.4 Å². The van der Waals surface area contributed by atoms with Crippen LogP contribution in [0.25, 0.3) is 0 Å². The monoisotopic (exact) mass is 387 g/mol. The highest BCUT2D eigenvalue weighted by molar-refractivity contribution is 8.13. The van der Waals surface area contributed by atoms with E-state index in [1.54, 1.807) is 13.2 Å². The van der Waals surface area contributed by atoms with E-state index in [0.717, 1.165) is 0 Å². The van der Waals surface area contributed by atoms with Gasteiger partial charge in [-0.05, 0) is 32.9 Å². The number of hydrogen-bond acceptors (Lipinski definition) is 8. The van der Waals surface area contributed by atoms with Gasteiger partial charge >= 0.3 is 5.97 Å². The van der Waals surface area contributed by atoms with Gasteiger partial charge in [-0.1, -0.05) is 11.8 Å². The van der Waals surface area contributed by atoms with Crippen LogP contribution in [0.5, 0.6) is 0 Å². The summed E-state index contributed by atoms with van der Waals surface area (Å²) in [6.45, 7) is 2.97. The predicted octanol–water partition coefficient (Wildman–Crippen LogP) is 1.99. The molecular weight excluding hydrogens is 362 g/mol. The van der Waals surface area contributed by atoms with Gasteiger partial charge in [-0.25, -0.2) is 4.79 Å². The molecule has 0 saturated carbocycles. The molecule has 0 unspecified atom stereocenters. The van der Waals surface area contributed by atoms with Crippen LogP contribution in [0.2, 0.25) is 0 Å². The van der Waals surface area contributed by atoms with Crippen LogP contribution >= 0.6 is 11.8 Å². The number of carbonyl (C=O) groups is 6. The number of amides is 2. The van der Waals surface area contributed by atoms with E-state index in [9.17, 15) is 28.8 Å². The van der Waals surface area contributed by atoms with Gasteiger partial charge in [0.25, 0.3) is 11.8 Å². The lowest BCUT2D eigenvalue weighted by atomic mass is 10.2. The maximum atomic E-state index is 11.2. The molecule has 9 heteroatoms. The van der Waals surface area contributed by atoms with Crippen molar-refractivity contribution in [1.29, 1.82) is 0 Å². The number of nitrogens with zero attached hydrogens (tertiary/aromatic N) is 1. The summed E-state index contributed by atoms with van der Waals surface area (Å²) in [6, 6.07) is 0. The first-order chi connectivity index (χ1) is 12.2. The highest BCUT2D eigenvalue weighted by atomic mass is 32.2. The van der Waals surface area contributed by atoms with Gasteiger partial charge in [0, 0.05) is 38.5 Å². The fraction of sp³-hybridized carbons (Fsp3) is 0.647. The Morgan fingerprint density at radius 2 is 1.35 bits per heavy atom. The Morgan fingerprint density at radius 1 is 0.885 bits per heavy atom. The second kappa shape index (κ2) is 13.2. The molecule has 0 radical (unpaired) electrons. The Bertz CT molecular complexity index is 543. The number of Topliss-reactive ketones (excluding diaryl/α,β-unsaturated/α-hetero) is 2. The quantitative estimate of drug-likeness (QED) is 0.552. The van der Waals surface area contributed by atoms with E-state index in [0.29, 0.717) is 30.7 Å². The number of carbonyl (C=O) groups excluding carboxylic acids is 6. The summed E-state index contributed by atoms with van der Waals surface area (Å²) in [7, 11) is 0. The van der Waals surface area contributed by atoms with Crippen LogP contribution in [-0.2, 0) is 33.6 Å². The largest absolute Gasteiger partial charge is 0.333 e. The van der Waals surface area contributed by atoms with E-state index in [1.165, 1.54) is 18.7 Å². The molecule has 1 heterocycles. The number of rotatable bonds is 9. The van der Waals surface area contributed by atoms with Crippen LogP contribution in [-0.4, -0.2) is 45.8 Å².